The zero-order valence-electron chi connectivity index (χ0n) is 16.4. The number of carbonyl (C=O) groups is 1. The van der Waals surface area contributed by atoms with Gasteiger partial charge in [-0.2, -0.15) is 26.7 Å². The molecule has 0 radical (unpaired) electrons. The highest BCUT2D eigenvalue weighted by Crippen LogP contribution is 2.30. The predicted octanol–water partition coefficient (Wildman–Crippen LogP) is 4.50. The number of hydrogen-bond donors (Lipinski definition) is 1. The molecule has 6 nitrogen and oxygen atoms in total. The monoisotopic (exact) mass is 454 g/mol. The van der Waals surface area contributed by atoms with Gasteiger partial charge in [0, 0.05) is 11.5 Å². The average Bonchev–Trinajstić information content (AvgIpc) is 2.75. The Morgan fingerprint density at radius 2 is 1.68 bits per heavy atom. The van der Waals surface area contributed by atoms with Crippen molar-refractivity contribution < 1.29 is 30.6 Å². The Bertz CT molecular complexity index is 1050. The maximum Gasteiger partial charge on any atom is 0.416 e. The lowest BCUT2D eigenvalue weighted by atomic mass is 9.89. The molecule has 3 rings (SSSR count). The minimum atomic E-state index is -4.58. The first-order valence-electron chi connectivity index (χ1n) is 9.70. The van der Waals surface area contributed by atoms with Crippen molar-refractivity contribution in [2.45, 2.75) is 43.2 Å². The van der Waals surface area contributed by atoms with Crippen molar-refractivity contribution in [3.8, 4) is 5.75 Å². The summed E-state index contributed by atoms with van der Waals surface area (Å²) < 4.78 is 68.1. The van der Waals surface area contributed by atoms with Crippen molar-refractivity contribution in [3.63, 3.8) is 0 Å². The van der Waals surface area contributed by atoms with E-state index in [4.69, 9.17) is 4.18 Å². The van der Waals surface area contributed by atoms with Crippen molar-refractivity contribution in [2.24, 2.45) is 11.0 Å². The first kappa shape index (κ1) is 22.8. The number of nitrogens with zero attached hydrogens (tertiary/aromatic N) is 1. The molecule has 1 saturated carbocycles. The van der Waals surface area contributed by atoms with Crippen LogP contribution in [0.5, 0.6) is 5.75 Å². The summed E-state index contributed by atoms with van der Waals surface area (Å²) in [6, 6.07) is 9.09. The third-order valence-corrected chi connectivity index (χ3v) is 6.19. The summed E-state index contributed by atoms with van der Waals surface area (Å²) >= 11 is 0. The Morgan fingerprint density at radius 1 is 1.03 bits per heavy atom. The summed E-state index contributed by atoms with van der Waals surface area (Å²) in [4.78, 5) is 11.7. The van der Waals surface area contributed by atoms with Crippen LogP contribution in [0.25, 0.3) is 0 Å². The van der Waals surface area contributed by atoms with Crippen molar-refractivity contribution in [3.05, 3.63) is 59.7 Å². The van der Waals surface area contributed by atoms with Crippen LogP contribution in [-0.2, 0) is 21.1 Å². The normalized spacial score (nSPS) is 15.7. The van der Waals surface area contributed by atoms with E-state index < -0.39 is 26.8 Å². The second kappa shape index (κ2) is 9.51. The molecule has 1 aliphatic rings. The number of benzene rings is 2. The SMILES string of the molecule is O=C(NN=Cc1ccccc1OS(=O)(=O)c1ccc(C(F)(F)F)cc1)C1CCCCC1. The quantitative estimate of drug-likeness (QED) is 0.396. The average molecular weight is 454 g/mol. The number of para-hydroxylation sites is 1. The molecule has 2 aromatic carbocycles. The molecule has 0 unspecified atom stereocenters. The van der Waals surface area contributed by atoms with Gasteiger partial charge in [0.2, 0.25) is 5.91 Å². The molecule has 0 aromatic heterocycles. The molecule has 0 spiro atoms. The van der Waals surface area contributed by atoms with Crippen LogP contribution < -0.4 is 9.61 Å². The van der Waals surface area contributed by atoms with Crippen LogP contribution in [0.4, 0.5) is 13.2 Å². The van der Waals surface area contributed by atoms with Crippen molar-refractivity contribution in [1.29, 1.82) is 0 Å². The van der Waals surface area contributed by atoms with E-state index in [1.165, 1.54) is 24.4 Å². The largest absolute Gasteiger partial charge is 0.416 e. The number of hydrazone groups is 1. The molecule has 1 aliphatic carbocycles. The Balaban J connectivity index is 1.71. The summed E-state index contributed by atoms with van der Waals surface area (Å²) in [6.07, 6.45) is 1.43. The third-order valence-electron chi connectivity index (χ3n) is 4.94. The molecule has 10 heteroatoms. The van der Waals surface area contributed by atoms with E-state index in [0.717, 1.165) is 44.2 Å². The van der Waals surface area contributed by atoms with Gasteiger partial charge in [-0.3, -0.25) is 4.79 Å². The molecular weight excluding hydrogens is 433 g/mol. The topological polar surface area (TPSA) is 84.8 Å². The Hall–Kier alpha value is -2.88. The van der Waals surface area contributed by atoms with Gasteiger partial charge in [-0.05, 0) is 49.2 Å². The van der Waals surface area contributed by atoms with Crippen molar-refractivity contribution in [1.82, 2.24) is 5.43 Å². The number of nitrogens with one attached hydrogen (secondary N) is 1. The van der Waals surface area contributed by atoms with Gasteiger partial charge in [0.15, 0.2) is 5.75 Å². The number of amides is 1. The van der Waals surface area contributed by atoms with E-state index in [0.29, 0.717) is 12.1 Å². The molecule has 1 amide bonds. The van der Waals surface area contributed by atoms with Crippen LogP contribution in [-0.4, -0.2) is 20.5 Å². The van der Waals surface area contributed by atoms with E-state index in [9.17, 15) is 26.4 Å². The number of hydrogen-bond acceptors (Lipinski definition) is 5. The van der Waals surface area contributed by atoms with Crippen LogP contribution in [0.3, 0.4) is 0 Å². The van der Waals surface area contributed by atoms with E-state index in [-0.39, 0.29) is 23.1 Å². The summed E-state index contributed by atoms with van der Waals surface area (Å²) in [7, 11) is -4.37. The second-order valence-electron chi connectivity index (χ2n) is 7.17. The first-order chi connectivity index (χ1) is 14.7. The molecule has 0 atom stereocenters. The maximum atomic E-state index is 12.7. The number of rotatable bonds is 6. The highest BCUT2D eigenvalue weighted by molar-refractivity contribution is 7.87. The van der Waals surface area contributed by atoms with Gasteiger partial charge in [0.05, 0.1) is 11.8 Å². The predicted molar refractivity (Wildman–Crippen MR) is 108 cm³/mol. The van der Waals surface area contributed by atoms with Crippen LogP contribution in [0.15, 0.2) is 58.5 Å². The fraction of sp³-hybridized carbons (Fsp3) is 0.333. The lowest BCUT2D eigenvalue weighted by Gasteiger charge is -2.19. The number of halogens is 3. The number of alkyl halides is 3. The first-order valence-corrected chi connectivity index (χ1v) is 11.1. The molecular formula is C21H21F3N2O4S. The fourth-order valence-corrected chi connectivity index (χ4v) is 4.22. The Morgan fingerprint density at radius 3 is 2.32 bits per heavy atom. The summed E-state index contributed by atoms with van der Waals surface area (Å²) in [6.45, 7) is 0. The van der Waals surface area contributed by atoms with Crippen molar-refractivity contribution >= 4 is 22.2 Å². The molecule has 1 N–H and O–H groups in total. The van der Waals surface area contributed by atoms with Gasteiger partial charge in [-0.15, -0.1) is 0 Å². The molecule has 2 aromatic rings. The molecule has 0 saturated heterocycles. The Labute approximate surface area is 178 Å². The van der Waals surface area contributed by atoms with Gasteiger partial charge in [0.1, 0.15) is 4.90 Å². The van der Waals surface area contributed by atoms with Gasteiger partial charge >= 0.3 is 16.3 Å². The van der Waals surface area contributed by atoms with Crippen LogP contribution >= 0.6 is 0 Å². The standard InChI is InChI=1S/C21H21F3N2O4S/c22-21(23,24)17-10-12-18(13-11-17)31(28,29)30-19-9-5-4-8-16(19)14-25-26-20(27)15-6-2-1-3-7-15/h4-5,8-15H,1-3,6-7H2,(H,26,27). The molecule has 0 aliphatic heterocycles. The second-order valence-corrected chi connectivity index (χ2v) is 8.71. The van der Waals surface area contributed by atoms with E-state index in [1.54, 1.807) is 6.07 Å². The minimum Gasteiger partial charge on any atom is -0.378 e. The van der Waals surface area contributed by atoms with Gasteiger partial charge in [-0.25, -0.2) is 5.43 Å². The van der Waals surface area contributed by atoms with Gasteiger partial charge in [0.25, 0.3) is 0 Å². The molecule has 0 heterocycles. The highest BCUT2D eigenvalue weighted by atomic mass is 32.2. The summed E-state index contributed by atoms with van der Waals surface area (Å²) in [5.74, 6) is -0.345. The minimum absolute atomic E-state index is 0.0712. The Kier molecular flexibility index (Phi) is 6.99. The fourth-order valence-electron chi connectivity index (χ4n) is 3.26. The zero-order valence-corrected chi connectivity index (χ0v) is 17.2. The van der Waals surface area contributed by atoms with Gasteiger partial charge < -0.3 is 4.18 Å². The zero-order chi connectivity index (χ0) is 22.5. The summed E-state index contributed by atoms with van der Waals surface area (Å²) in [5.41, 5.74) is 1.78. The summed E-state index contributed by atoms with van der Waals surface area (Å²) in [5, 5.41) is 3.89. The smallest absolute Gasteiger partial charge is 0.378 e. The van der Waals surface area contributed by atoms with E-state index in [1.807, 2.05) is 0 Å². The number of carbonyl (C=O) groups excluding carboxylic acids is 1. The van der Waals surface area contributed by atoms with E-state index >= 15 is 0 Å². The molecule has 1 fully saturated rings. The molecule has 31 heavy (non-hydrogen) atoms. The van der Waals surface area contributed by atoms with E-state index in [2.05, 4.69) is 10.5 Å². The lowest BCUT2D eigenvalue weighted by molar-refractivity contribution is -0.137. The van der Waals surface area contributed by atoms with Crippen LogP contribution in [0.1, 0.15) is 43.2 Å². The van der Waals surface area contributed by atoms with Crippen molar-refractivity contribution in [2.75, 3.05) is 0 Å². The molecule has 0 bridgehead atoms. The van der Waals surface area contributed by atoms with Gasteiger partial charge in [-0.1, -0.05) is 31.4 Å². The maximum absolute atomic E-state index is 12.7. The van der Waals surface area contributed by atoms with Crippen LogP contribution in [0, 0.1) is 5.92 Å². The lowest BCUT2D eigenvalue weighted by Crippen LogP contribution is -2.28. The third kappa shape index (κ3) is 6.06. The molecule has 166 valence electrons. The van der Waals surface area contributed by atoms with Crippen LogP contribution in [0.2, 0.25) is 0 Å². The highest BCUT2D eigenvalue weighted by Gasteiger charge is 2.31.